The minimum atomic E-state index is -0.807. The third-order valence-corrected chi connectivity index (χ3v) is 5.36. The Labute approximate surface area is 187 Å². The number of hydrogen-bond acceptors (Lipinski definition) is 4. The van der Waals surface area contributed by atoms with Crippen molar-refractivity contribution in [1.82, 2.24) is 15.5 Å². The van der Waals surface area contributed by atoms with Crippen molar-refractivity contribution in [3.05, 3.63) is 71.0 Å². The molecule has 2 aromatic rings. The van der Waals surface area contributed by atoms with E-state index in [0.717, 1.165) is 11.1 Å². The average molecular weight is 440 g/mol. The molecule has 3 amide bonds. The second-order valence-corrected chi connectivity index (χ2v) is 8.68. The lowest BCUT2D eigenvalue weighted by Crippen LogP contribution is -2.43. The van der Waals surface area contributed by atoms with Crippen LogP contribution < -0.4 is 16.4 Å². The predicted octanol–water partition coefficient (Wildman–Crippen LogP) is 3.29. The molecule has 1 aliphatic heterocycles. The van der Waals surface area contributed by atoms with Crippen LogP contribution in [0.1, 0.15) is 43.9 Å². The van der Waals surface area contributed by atoms with Crippen molar-refractivity contribution in [3.63, 3.8) is 0 Å². The van der Waals surface area contributed by atoms with Crippen molar-refractivity contribution < 1.29 is 14.0 Å². The van der Waals surface area contributed by atoms with E-state index in [9.17, 15) is 14.0 Å². The Morgan fingerprint density at radius 1 is 1.09 bits per heavy atom. The van der Waals surface area contributed by atoms with Crippen LogP contribution in [0.15, 0.2) is 53.5 Å². The molecule has 32 heavy (non-hydrogen) atoms. The smallest absolute Gasteiger partial charge is 0.315 e. The summed E-state index contributed by atoms with van der Waals surface area (Å²) in [4.78, 5) is 30.8. The first-order chi connectivity index (χ1) is 15.2. The van der Waals surface area contributed by atoms with Gasteiger partial charge in [0.1, 0.15) is 11.4 Å². The van der Waals surface area contributed by atoms with E-state index >= 15 is 0 Å². The summed E-state index contributed by atoms with van der Waals surface area (Å²) in [6.45, 7) is 6.72. The SMILES string of the molecule is CC(C)CC1(C)N=C(N)N(Cc2ccc(CNC(=O)NCc3ccccc3F)cc2)C1=O. The minimum absolute atomic E-state index is 0.0824. The summed E-state index contributed by atoms with van der Waals surface area (Å²) in [6.07, 6.45) is 0.645. The standard InChI is InChI=1S/C24H30FN5O2/c1-16(2)12-24(3)21(31)30(22(26)29-24)15-18-10-8-17(9-11-18)13-27-23(32)28-14-19-6-4-5-7-20(19)25/h4-11,16H,12-15H2,1-3H3,(H2,26,29)(H2,27,28,32). The Hall–Kier alpha value is -3.42. The highest BCUT2D eigenvalue weighted by Gasteiger charge is 2.43. The lowest BCUT2D eigenvalue weighted by Gasteiger charge is -2.23. The number of urea groups is 1. The van der Waals surface area contributed by atoms with Crippen molar-refractivity contribution in [2.24, 2.45) is 16.6 Å². The van der Waals surface area contributed by atoms with E-state index in [1.54, 1.807) is 18.2 Å². The second kappa shape index (κ2) is 9.80. The van der Waals surface area contributed by atoms with E-state index < -0.39 is 5.54 Å². The highest BCUT2D eigenvalue weighted by molar-refractivity contribution is 6.06. The molecule has 170 valence electrons. The lowest BCUT2D eigenvalue weighted by molar-refractivity contribution is -0.131. The van der Waals surface area contributed by atoms with Crippen molar-refractivity contribution >= 4 is 17.9 Å². The number of benzene rings is 2. The van der Waals surface area contributed by atoms with Crippen LogP contribution in [0.2, 0.25) is 0 Å². The first kappa shape index (κ1) is 23.2. The zero-order valence-electron chi connectivity index (χ0n) is 18.7. The van der Waals surface area contributed by atoms with Crippen molar-refractivity contribution in [3.8, 4) is 0 Å². The largest absolute Gasteiger partial charge is 0.369 e. The molecular formula is C24H30FN5O2. The van der Waals surface area contributed by atoms with Gasteiger partial charge in [-0.05, 0) is 36.5 Å². The van der Waals surface area contributed by atoms with Gasteiger partial charge in [0.15, 0.2) is 5.96 Å². The number of guanidine groups is 1. The minimum Gasteiger partial charge on any atom is -0.369 e. The second-order valence-electron chi connectivity index (χ2n) is 8.68. The molecular weight excluding hydrogens is 409 g/mol. The number of aliphatic imine (C=N–C) groups is 1. The summed E-state index contributed by atoms with van der Waals surface area (Å²) in [5.74, 6) is 0.141. The van der Waals surface area contributed by atoms with Crippen LogP contribution in [0.3, 0.4) is 0 Å². The molecule has 0 saturated heterocycles. The van der Waals surface area contributed by atoms with E-state index in [1.807, 2.05) is 31.2 Å². The zero-order chi connectivity index (χ0) is 23.3. The maximum atomic E-state index is 13.6. The quantitative estimate of drug-likeness (QED) is 0.588. The van der Waals surface area contributed by atoms with Crippen LogP contribution in [-0.2, 0) is 24.4 Å². The van der Waals surface area contributed by atoms with Gasteiger partial charge >= 0.3 is 6.03 Å². The Bertz CT molecular complexity index is 1010. The van der Waals surface area contributed by atoms with Crippen LogP contribution in [0.4, 0.5) is 9.18 Å². The topological polar surface area (TPSA) is 99.8 Å². The van der Waals surface area contributed by atoms with Crippen LogP contribution >= 0.6 is 0 Å². The molecule has 0 radical (unpaired) electrons. The molecule has 3 rings (SSSR count). The first-order valence-corrected chi connectivity index (χ1v) is 10.7. The fourth-order valence-electron chi connectivity index (χ4n) is 3.84. The molecule has 7 nitrogen and oxygen atoms in total. The van der Waals surface area contributed by atoms with Crippen LogP contribution in [0.25, 0.3) is 0 Å². The molecule has 2 aromatic carbocycles. The maximum absolute atomic E-state index is 13.6. The van der Waals surface area contributed by atoms with Gasteiger partial charge in [0.25, 0.3) is 5.91 Å². The molecule has 0 aliphatic carbocycles. The van der Waals surface area contributed by atoms with Gasteiger partial charge < -0.3 is 16.4 Å². The number of nitrogens with two attached hydrogens (primary N) is 1. The zero-order valence-corrected chi connectivity index (χ0v) is 18.7. The number of halogens is 1. The molecule has 1 aliphatic rings. The van der Waals surface area contributed by atoms with Crippen molar-refractivity contribution in [1.29, 1.82) is 0 Å². The molecule has 0 fully saturated rings. The number of rotatable bonds is 8. The normalized spacial score (nSPS) is 18.1. The Kier molecular flexibility index (Phi) is 7.12. The maximum Gasteiger partial charge on any atom is 0.315 e. The average Bonchev–Trinajstić information content (AvgIpc) is 2.94. The van der Waals surface area contributed by atoms with E-state index in [2.05, 4.69) is 29.5 Å². The molecule has 0 spiro atoms. The number of nitrogens with one attached hydrogen (secondary N) is 2. The Morgan fingerprint density at radius 3 is 2.38 bits per heavy atom. The van der Waals surface area contributed by atoms with Crippen molar-refractivity contribution in [2.75, 3.05) is 0 Å². The molecule has 4 N–H and O–H groups in total. The molecule has 0 bridgehead atoms. The number of nitrogens with zero attached hydrogens (tertiary/aromatic N) is 2. The summed E-state index contributed by atoms with van der Waals surface area (Å²) < 4.78 is 13.6. The highest BCUT2D eigenvalue weighted by atomic mass is 19.1. The van der Waals surface area contributed by atoms with Crippen LogP contribution in [0, 0.1) is 11.7 Å². The highest BCUT2D eigenvalue weighted by Crippen LogP contribution is 2.29. The third-order valence-electron chi connectivity index (χ3n) is 5.36. The third kappa shape index (κ3) is 5.63. The summed E-state index contributed by atoms with van der Waals surface area (Å²) >= 11 is 0. The van der Waals surface area contributed by atoms with E-state index in [4.69, 9.17) is 5.73 Å². The van der Waals surface area contributed by atoms with Gasteiger partial charge in [0, 0.05) is 18.7 Å². The van der Waals surface area contributed by atoms with Gasteiger partial charge in [0.2, 0.25) is 0 Å². The fraction of sp³-hybridized carbons (Fsp3) is 0.375. The van der Waals surface area contributed by atoms with E-state index in [-0.39, 0.29) is 30.3 Å². The van der Waals surface area contributed by atoms with Gasteiger partial charge in [-0.3, -0.25) is 9.69 Å². The summed E-state index contributed by atoms with van der Waals surface area (Å²) in [7, 11) is 0. The Balaban J connectivity index is 1.50. The van der Waals surface area contributed by atoms with Gasteiger partial charge in [-0.1, -0.05) is 56.3 Å². The molecule has 0 saturated carbocycles. The number of carbonyl (C=O) groups is 2. The molecule has 0 aromatic heterocycles. The van der Waals surface area contributed by atoms with Crippen LogP contribution in [0.5, 0.6) is 0 Å². The van der Waals surface area contributed by atoms with Crippen LogP contribution in [-0.4, -0.2) is 28.3 Å². The Morgan fingerprint density at radius 2 is 1.72 bits per heavy atom. The lowest BCUT2D eigenvalue weighted by atomic mass is 9.91. The molecule has 1 unspecified atom stereocenters. The molecule has 1 atom stereocenters. The molecule has 8 heteroatoms. The fourth-order valence-corrected chi connectivity index (χ4v) is 3.84. The monoisotopic (exact) mass is 439 g/mol. The van der Waals surface area contributed by atoms with Gasteiger partial charge in [0.05, 0.1) is 6.54 Å². The van der Waals surface area contributed by atoms with Crippen molar-refractivity contribution in [2.45, 2.75) is 52.4 Å². The van der Waals surface area contributed by atoms with Gasteiger partial charge in [-0.25, -0.2) is 14.2 Å². The van der Waals surface area contributed by atoms with Gasteiger partial charge in [-0.15, -0.1) is 0 Å². The predicted molar refractivity (Wildman–Crippen MR) is 122 cm³/mol. The van der Waals surface area contributed by atoms with E-state index in [0.29, 0.717) is 31.0 Å². The summed E-state index contributed by atoms with van der Waals surface area (Å²) in [5, 5.41) is 5.39. The number of hydrogen-bond donors (Lipinski definition) is 3. The van der Waals surface area contributed by atoms with Gasteiger partial charge in [-0.2, -0.15) is 0 Å². The first-order valence-electron chi connectivity index (χ1n) is 10.7. The number of amides is 3. The van der Waals surface area contributed by atoms with E-state index in [1.165, 1.54) is 11.0 Å². The summed E-state index contributed by atoms with van der Waals surface area (Å²) in [5.41, 5.74) is 7.47. The molecule has 1 heterocycles. The number of carbonyl (C=O) groups excluding carboxylic acids is 2. The summed E-state index contributed by atoms with van der Waals surface area (Å²) in [6, 6.07) is 13.5.